The highest BCUT2D eigenvalue weighted by Crippen LogP contribution is 2.39. The van der Waals surface area contributed by atoms with Gasteiger partial charge >= 0.3 is 5.97 Å². The molecule has 0 aliphatic carbocycles. The predicted molar refractivity (Wildman–Crippen MR) is 177 cm³/mol. The van der Waals surface area contributed by atoms with E-state index in [1.807, 2.05) is 31.2 Å². The van der Waals surface area contributed by atoms with E-state index in [0.717, 1.165) is 28.0 Å². The number of fused-ring (bicyclic) bond motifs is 1. The Labute approximate surface area is 266 Å². The van der Waals surface area contributed by atoms with Crippen LogP contribution in [-0.2, 0) is 6.61 Å². The van der Waals surface area contributed by atoms with Gasteiger partial charge in [0.15, 0.2) is 17.3 Å². The van der Waals surface area contributed by atoms with Gasteiger partial charge in [-0.25, -0.2) is 9.78 Å². The van der Waals surface area contributed by atoms with Crippen molar-refractivity contribution in [2.24, 2.45) is 5.10 Å². The highest BCUT2D eigenvalue weighted by Gasteiger charge is 2.19. The summed E-state index contributed by atoms with van der Waals surface area (Å²) in [6, 6.07) is 21.0. The molecule has 0 fully saturated rings. The van der Waals surface area contributed by atoms with Crippen molar-refractivity contribution in [3.8, 4) is 34.4 Å². The summed E-state index contributed by atoms with van der Waals surface area (Å²) in [4.78, 5) is 29.9. The second-order valence-corrected chi connectivity index (χ2v) is 10.9. The van der Waals surface area contributed by atoms with E-state index in [-0.39, 0.29) is 23.6 Å². The van der Waals surface area contributed by atoms with Crippen LogP contribution in [0, 0.1) is 6.92 Å². The van der Waals surface area contributed by atoms with E-state index < -0.39 is 5.97 Å². The summed E-state index contributed by atoms with van der Waals surface area (Å²) in [7, 11) is 4.67. The van der Waals surface area contributed by atoms with Crippen LogP contribution in [0.5, 0.6) is 23.0 Å². The lowest BCUT2D eigenvalue weighted by molar-refractivity contribution is 0.0697. The number of rotatable bonds is 11. The highest BCUT2D eigenvalue weighted by atomic mass is 16.5. The number of carboxylic acids is 1. The molecule has 1 heterocycles. The van der Waals surface area contributed by atoms with Gasteiger partial charge in [-0.3, -0.25) is 4.79 Å². The van der Waals surface area contributed by atoms with Crippen molar-refractivity contribution in [3.05, 3.63) is 111 Å². The van der Waals surface area contributed by atoms with Crippen LogP contribution < -0.4 is 24.5 Å². The van der Waals surface area contributed by atoms with Gasteiger partial charge in [0.25, 0.3) is 5.56 Å². The van der Waals surface area contributed by atoms with Crippen LogP contribution in [0.15, 0.2) is 82.7 Å². The van der Waals surface area contributed by atoms with Crippen molar-refractivity contribution in [2.75, 3.05) is 21.3 Å². The molecule has 46 heavy (non-hydrogen) atoms. The minimum absolute atomic E-state index is 0.154. The lowest BCUT2D eigenvalue weighted by Crippen LogP contribution is -2.20. The molecule has 0 amide bonds. The Hall–Kier alpha value is -5.64. The third-order valence-corrected chi connectivity index (χ3v) is 7.58. The normalized spacial score (nSPS) is 11.3. The molecule has 0 radical (unpaired) electrons. The molecule has 0 spiro atoms. The minimum atomic E-state index is -0.999. The number of aromatic nitrogens is 2. The van der Waals surface area contributed by atoms with Crippen molar-refractivity contribution >= 4 is 23.1 Å². The molecule has 0 aliphatic heterocycles. The Kier molecular flexibility index (Phi) is 9.37. The van der Waals surface area contributed by atoms with Gasteiger partial charge in [0.2, 0.25) is 5.75 Å². The molecule has 4 aromatic carbocycles. The van der Waals surface area contributed by atoms with Gasteiger partial charge in [-0.15, -0.1) is 0 Å². The van der Waals surface area contributed by atoms with Gasteiger partial charge in [-0.2, -0.15) is 9.78 Å². The number of carboxylic acid groups (broad SMARTS) is 1. The zero-order valence-electron chi connectivity index (χ0n) is 26.5. The largest absolute Gasteiger partial charge is 0.496 e. The molecule has 5 rings (SSSR count). The van der Waals surface area contributed by atoms with E-state index in [1.165, 1.54) is 31.0 Å². The summed E-state index contributed by atoms with van der Waals surface area (Å²) < 4.78 is 24.3. The van der Waals surface area contributed by atoms with E-state index in [9.17, 15) is 9.59 Å². The Balaban J connectivity index is 1.57. The number of benzene rings is 4. The zero-order chi connectivity index (χ0) is 33.0. The van der Waals surface area contributed by atoms with Gasteiger partial charge in [0.1, 0.15) is 12.4 Å². The molecule has 0 saturated heterocycles. The van der Waals surface area contributed by atoms with E-state index in [0.29, 0.717) is 39.5 Å². The Bertz CT molecular complexity index is 1970. The number of aromatic carboxylic acids is 1. The van der Waals surface area contributed by atoms with Crippen LogP contribution in [-0.4, -0.2) is 48.3 Å². The first kappa shape index (κ1) is 31.8. The number of para-hydroxylation sites is 1. The van der Waals surface area contributed by atoms with Crippen LogP contribution in [0.1, 0.15) is 52.4 Å². The topological polar surface area (TPSA) is 121 Å². The fraction of sp³-hybridized carbons (Fsp3) is 0.222. The number of ether oxygens (including phenoxy) is 4. The molecule has 0 saturated carbocycles. The maximum atomic E-state index is 13.9. The summed E-state index contributed by atoms with van der Waals surface area (Å²) in [5, 5.41) is 14.2. The Morgan fingerprint density at radius 1 is 0.935 bits per heavy atom. The number of aryl methyl sites for hydroxylation is 1. The van der Waals surface area contributed by atoms with E-state index in [2.05, 4.69) is 18.9 Å². The van der Waals surface area contributed by atoms with Crippen molar-refractivity contribution < 1.29 is 28.8 Å². The fourth-order valence-corrected chi connectivity index (χ4v) is 5.11. The van der Waals surface area contributed by atoms with Gasteiger partial charge in [0.05, 0.1) is 44.0 Å². The average molecular weight is 622 g/mol. The van der Waals surface area contributed by atoms with Crippen LogP contribution in [0.2, 0.25) is 0 Å². The monoisotopic (exact) mass is 621 g/mol. The molecule has 1 N–H and O–H groups in total. The first-order chi connectivity index (χ1) is 22.1. The Morgan fingerprint density at radius 3 is 2.20 bits per heavy atom. The average Bonchev–Trinajstić information content (AvgIpc) is 3.06. The summed E-state index contributed by atoms with van der Waals surface area (Å²) >= 11 is 0. The summed E-state index contributed by atoms with van der Waals surface area (Å²) in [5.74, 6) is 1.48. The van der Waals surface area contributed by atoms with Crippen molar-refractivity contribution in [1.82, 2.24) is 9.66 Å². The molecular weight excluding hydrogens is 586 g/mol. The first-order valence-corrected chi connectivity index (χ1v) is 14.6. The van der Waals surface area contributed by atoms with Crippen molar-refractivity contribution in [3.63, 3.8) is 0 Å². The minimum Gasteiger partial charge on any atom is -0.496 e. The first-order valence-electron chi connectivity index (χ1n) is 14.6. The standard InChI is InChI=1S/C36H35N3O7/c1-21(2)27-18-28(22(3)15-30(27)43-4)34-38-29-10-8-7-9-26(29)35(40)39(34)37-19-24-16-31(44-5)33(32(17-24)45-6)46-20-23-11-13-25(14-12-23)36(41)42/h7-19,21H,20H2,1-6H3,(H,41,42). The number of nitrogens with zero attached hydrogens (tertiary/aromatic N) is 3. The SMILES string of the molecule is COc1cc(C)c(-c2nc3ccccc3c(=O)n2N=Cc2cc(OC)c(OCc3ccc(C(=O)O)cc3)c(OC)c2)cc1C(C)C. The fourth-order valence-electron chi connectivity index (χ4n) is 5.11. The van der Waals surface area contributed by atoms with E-state index >= 15 is 0 Å². The number of hydrogen-bond acceptors (Lipinski definition) is 8. The Morgan fingerprint density at radius 2 is 1.59 bits per heavy atom. The maximum absolute atomic E-state index is 13.9. The van der Waals surface area contributed by atoms with Crippen molar-refractivity contribution in [2.45, 2.75) is 33.3 Å². The number of hydrogen-bond donors (Lipinski definition) is 1. The quantitative estimate of drug-likeness (QED) is 0.162. The smallest absolute Gasteiger partial charge is 0.335 e. The second kappa shape index (κ2) is 13.6. The molecular formula is C36H35N3O7. The second-order valence-electron chi connectivity index (χ2n) is 10.9. The summed E-state index contributed by atoms with van der Waals surface area (Å²) in [6.45, 7) is 6.27. The van der Waals surface area contributed by atoms with Crippen molar-refractivity contribution in [1.29, 1.82) is 0 Å². The third-order valence-electron chi connectivity index (χ3n) is 7.58. The third kappa shape index (κ3) is 6.41. The number of carbonyl (C=O) groups is 1. The van der Waals surface area contributed by atoms with Crippen LogP contribution in [0.25, 0.3) is 22.3 Å². The molecule has 0 bridgehead atoms. The molecule has 0 atom stereocenters. The molecule has 236 valence electrons. The highest BCUT2D eigenvalue weighted by molar-refractivity contribution is 5.87. The van der Waals surface area contributed by atoms with Gasteiger partial charge in [-0.05, 0) is 78.1 Å². The zero-order valence-corrected chi connectivity index (χ0v) is 26.5. The predicted octanol–water partition coefficient (Wildman–Crippen LogP) is 6.68. The van der Waals surface area contributed by atoms with E-state index in [1.54, 1.807) is 49.7 Å². The molecule has 5 aromatic rings. The van der Waals surface area contributed by atoms with Crippen LogP contribution in [0.3, 0.4) is 0 Å². The summed E-state index contributed by atoms with van der Waals surface area (Å²) in [5.41, 5.74) is 4.44. The molecule has 1 aromatic heterocycles. The molecule has 10 heteroatoms. The molecule has 10 nitrogen and oxygen atoms in total. The van der Waals surface area contributed by atoms with Crippen LogP contribution in [0.4, 0.5) is 0 Å². The maximum Gasteiger partial charge on any atom is 0.335 e. The lowest BCUT2D eigenvalue weighted by atomic mass is 9.96. The van der Waals surface area contributed by atoms with E-state index in [4.69, 9.17) is 29.0 Å². The number of methoxy groups -OCH3 is 3. The molecule has 0 aliphatic rings. The van der Waals surface area contributed by atoms with Gasteiger partial charge in [0, 0.05) is 11.1 Å². The van der Waals surface area contributed by atoms with Gasteiger partial charge in [-0.1, -0.05) is 38.1 Å². The van der Waals surface area contributed by atoms with Crippen LogP contribution >= 0.6 is 0 Å². The molecule has 0 unspecified atom stereocenters. The lowest BCUT2D eigenvalue weighted by Gasteiger charge is -2.17. The summed E-state index contributed by atoms with van der Waals surface area (Å²) in [6.07, 6.45) is 1.54. The van der Waals surface area contributed by atoms with Gasteiger partial charge < -0.3 is 24.1 Å².